The molecule has 1 aromatic carbocycles. The van der Waals surface area contributed by atoms with E-state index in [9.17, 15) is 9.90 Å². The van der Waals surface area contributed by atoms with Crippen molar-refractivity contribution >= 4 is 17.5 Å². The average molecular weight is 229 g/mol. The van der Waals surface area contributed by atoms with Gasteiger partial charge >= 0.3 is 0 Å². The molecule has 0 radical (unpaired) electrons. The summed E-state index contributed by atoms with van der Waals surface area (Å²) >= 11 is 5.74. The van der Waals surface area contributed by atoms with E-state index >= 15 is 0 Å². The fourth-order valence-electron chi connectivity index (χ4n) is 1.30. The number of aromatic hydroxyl groups is 1. The summed E-state index contributed by atoms with van der Waals surface area (Å²) in [7, 11) is 1.74. The third-order valence-corrected chi connectivity index (χ3v) is 2.24. The Morgan fingerprint density at radius 1 is 1.60 bits per heavy atom. The SMILES string of the molecule is CN(CC(N)=O)Cc1cccc(Cl)c1O. The summed E-state index contributed by atoms with van der Waals surface area (Å²) in [5.41, 5.74) is 5.72. The number of nitrogens with zero attached hydrogens (tertiary/aromatic N) is 1. The van der Waals surface area contributed by atoms with E-state index in [0.29, 0.717) is 17.1 Å². The lowest BCUT2D eigenvalue weighted by Crippen LogP contribution is -2.30. The zero-order chi connectivity index (χ0) is 11.4. The van der Waals surface area contributed by atoms with Crippen LogP contribution in [0.15, 0.2) is 18.2 Å². The molecular weight excluding hydrogens is 216 g/mol. The van der Waals surface area contributed by atoms with E-state index < -0.39 is 5.91 Å². The summed E-state index contributed by atoms with van der Waals surface area (Å²) in [5, 5.41) is 9.91. The van der Waals surface area contributed by atoms with Gasteiger partial charge in [0.05, 0.1) is 11.6 Å². The second-order valence-electron chi connectivity index (χ2n) is 3.39. The Kier molecular flexibility index (Phi) is 3.94. The molecule has 0 saturated heterocycles. The number of carbonyl (C=O) groups excluding carboxylic acids is 1. The van der Waals surface area contributed by atoms with Crippen LogP contribution in [0.3, 0.4) is 0 Å². The van der Waals surface area contributed by atoms with Crippen molar-refractivity contribution in [3.05, 3.63) is 28.8 Å². The van der Waals surface area contributed by atoms with Crippen LogP contribution in [-0.4, -0.2) is 29.5 Å². The lowest BCUT2D eigenvalue weighted by atomic mass is 10.2. The van der Waals surface area contributed by atoms with Gasteiger partial charge in [0.2, 0.25) is 5.91 Å². The molecule has 0 aliphatic rings. The van der Waals surface area contributed by atoms with E-state index in [1.807, 2.05) is 0 Å². The van der Waals surface area contributed by atoms with Gasteiger partial charge in [0.15, 0.2) is 0 Å². The van der Waals surface area contributed by atoms with Crippen molar-refractivity contribution in [3.63, 3.8) is 0 Å². The molecule has 0 aliphatic heterocycles. The summed E-state index contributed by atoms with van der Waals surface area (Å²) in [6, 6.07) is 5.10. The lowest BCUT2D eigenvalue weighted by molar-refractivity contribution is -0.118. The summed E-state index contributed by atoms with van der Waals surface area (Å²) in [6.07, 6.45) is 0. The maximum atomic E-state index is 10.6. The van der Waals surface area contributed by atoms with Gasteiger partial charge in [-0.25, -0.2) is 0 Å². The van der Waals surface area contributed by atoms with Crippen LogP contribution in [0.25, 0.3) is 0 Å². The summed E-state index contributed by atoms with van der Waals surface area (Å²) in [6.45, 7) is 0.571. The number of amides is 1. The zero-order valence-corrected chi connectivity index (χ0v) is 9.16. The van der Waals surface area contributed by atoms with E-state index in [4.69, 9.17) is 17.3 Å². The minimum atomic E-state index is -0.404. The van der Waals surface area contributed by atoms with Crippen molar-refractivity contribution in [1.82, 2.24) is 4.90 Å². The molecule has 15 heavy (non-hydrogen) atoms. The van der Waals surface area contributed by atoms with Gasteiger partial charge in [-0.15, -0.1) is 0 Å². The minimum absolute atomic E-state index is 0.0514. The molecule has 0 heterocycles. The number of rotatable bonds is 4. The molecule has 0 unspecified atom stereocenters. The third kappa shape index (κ3) is 3.42. The molecule has 0 atom stereocenters. The Hall–Kier alpha value is -1.26. The second kappa shape index (κ2) is 5.00. The molecule has 1 amide bonds. The zero-order valence-electron chi connectivity index (χ0n) is 8.40. The predicted molar refractivity (Wildman–Crippen MR) is 58.6 cm³/mol. The minimum Gasteiger partial charge on any atom is -0.506 e. The van der Waals surface area contributed by atoms with Gasteiger partial charge < -0.3 is 10.8 Å². The maximum absolute atomic E-state index is 10.6. The number of carbonyl (C=O) groups is 1. The van der Waals surface area contributed by atoms with Crippen molar-refractivity contribution in [2.45, 2.75) is 6.54 Å². The molecule has 82 valence electrons. The number of nitrogens with two attached hydrogens (primary N) is 1. The molecule has 1 rings (SSSR count). The van der Waals surface area contributed by atoms with Crippen LogP contribution in [0.1, 0.15) is 5.56 Å². The highest BCUT2D eigenvalue weighted by Gasteiger charge is 2.09. The monoisotopic (exact) mass is 228 g/mol. The number of hydrogen-bond donors (Lipinski definition) is 2. The number of likely N-dealkylation sites (N-methyl/N-ethyl adjacent to an activating group) is 1. The van der Waals surface area contributed by atoms with E-state index in [1.54, 1.807) is 30.1 Å². The Morgan fingerprint density at radius 2 is 2.27 bits per heavy atom. The van der Waals surface area contributed by atoms with Crippen molar-refractivity contribution in [2.24, 2.45) is 5.73 Å². The fourth-order valence-corrected chi connectivity index (χ4v) is 1.49. The van der Waals surface area contributed by atoms with E-state index in [-0.39, 0.29) is 12.3 Å². The summed E-state index contributed by atoms with van der Waals surface area (Å²) in [5.74, 6) is -0.352. The number of hydrogen-bond acceptors (Lipinski definition) is 3. The first-order chi connectivity index (χ1) is 7.00. The average Bonchev–Trinajstić information content (AvgIpc) is 2.11. The normalized spacial score (nSPS) is 10.6. The van der Waals surface area contributed by atoms with Crippen molar-refractivity contribution in [2.75, 3.05) is 13.6 Å². The number of benzene rings is 1. The highest BCUT2D eigenvalue weighted by molar-refractivity contribution is 6.32. The Balaban J connectivity index is 2.72. The maximum Gasteiger partial charge on any atom is 0.231 e. The van der Waals surface area contributed by atoms with Crippen LogP contribution in [-0.2, 0) is 11.3 Å². The first kappa shape index (κ1) is 11.8. The van der Waals surface area contributed by atoms with E-state index in [2.05, 4.69) is 0 Å². The second-order valence-corrected chi connectivity index (χ2v) is 3.79. The van der Waals surface area contributed by atoms with Crippen molar-refractivity contribution in [1.29, 1.82) is 0 Å². The van der Waals surface area contributed by atoms with Crippen LogP contribution in [0.4, 0.5) is 0 Å². The molecule has 4 nitrogen and oxygen atoms in total. The standard InChI is InChI=1S/C10H13ClN2O2/c1-13(6-9(12)14)5-7-3-2-4-8(11)10(7)15/h2-4,15H,5-6H2,1H3,(H2,12,14). The molecule has 1 aromatic rings. The Labute approximate surface area is 93.2 Å². The van der Waals surface area contributed by atoms with Gasteiger partial charge in [-0.3, -0.25) is 9.69 Å². The highest BCUT2D eigenvalue weighted by atomic mass is 35.5. The summed E-state index contributed by atoms with van der Waals surface area (Å²) < 4.78 is 0. The van der Waals surface area contributed by atoms with Gasteiger partial charge in [-0.2, -0.15) is 0 Å². The molecule has 0 saturated carbocycles. The highest BCUT2D eigenvalue weighted by Crippen LogP contribution is 2.27. The largest absolute Gasteiger partial charge is 0.506 e. The first-order valence-electron chi connectivity index (χ1n) is 4.44. The smallest absolute Gasteiger partial charge is 0.231 e. The first-order valence-corrected chi connectivity index (χ1v) is 4.81. The van der Waals surface area contributed by atoms with Gasteiger partial charge in [0.25, 0.3) is 0 Å². The molecule has 5 heteroatoms. The van der Waals surface area contributed by atoms with Crippen LogP contribution in [0, 0.1) is 0 Å². The van der Waals surface area contributed by atoms with Gasteiger partial charge in [0.1, 0.15) is 5.75 Å². The molecule has 0 aromatic heterocycles. The predicted octanol–water partition coefficient (Wildman–Crippen LogP) is 0.963. The lowest BCUT2D eigenvalue weighted by Gasteiger charge is -2.15. The number of phenolic OH excluding ortho intramolecular Hbond substituents is 1. The molecule has 0 bridgehead atoms. The van der Waals surface area contributed by atoms with Gasteiger partial charge in [-0.1, -0.05) is 23.7 Å². The third-order valence-electron chi connectivity index (χ3n) is 1.94. The Bertz CT molecular complexity index is 368. The molecular formula is C10H13ClN2O2. The van der Waals surface area contributed by atoms with Crippen molar-refractivity contribution < 1.29 is 9.90 Å². The van der Waals surface area contributed by atoms with Crippen molar-refractivity contribution in [3.8, 4) is 5.75 Å². The number of halogens is 1. The van der Waals surface area contributed by atoms with Crippen LogP contribution in [0.5, 0.6) is 5.75 Å². The molecule has 0 fully saturated rings. The van der Waals surface area contributed by atoms with Crippen LogP contribution < -0.4 is 5.73 Å². The number of primary amides is 1. The number of para-hydroxylation sites is 1. The Morgan fingerprint density at radius 3 is 2.87 bits per heavy atom. The fraction of sp³-hybridized carbons (Fsp3) is 0.300. The molecule has 0 aliphatic carbocycles. The number of phenols is 1. The van der Waals surface area contributed by atoms with Gasteiger partial charge in [0, 0.05) is 12.1 Å². The summed E-state index contributed by atoms with van der Waals surface area (Å²) in [4.78, 5) is 12.3. The topological polar surface area (TPSA) is 66.6 Å². The van der Waals surface area contributed by atoms with Gasteiger partial charge in [-0.05, 0) is 13.1 Å². The van der Waals surface area contributed by atoms with Crippen LogP contribution in [0.2, 0.25) is 5.02 Å². The quantitative estimate of drug-likeness (QED) is 0.807. The van der Waals surface area contributed by atoms with E-state index in [0.717, 1.165) is 0 Å². The molecule has 0 spiro atoms. The molecule has 3 N–H and O–H groups in total. The van der Waals surface area contributed by atoms with Crippen LogP contribution >= 0.6 is 11.6 Å². The van der Waals surface area contributed by atoms with E-state index in [1.165, 1.54) is 0 Å².